The van der Waals surface area contributed by atoms with E-state index in [2.05, 4.69) is 9.88 Å². The first-order valence-corrected chi connectivity index (χ1v) is 9.63. The van der Waals surface area contributed by atoms with Crippen molar-refractivity contribution in [2.75, 3.05) is 18.1 Å². The second kappa shape index (κ2) is 5.42. The molecular weight excluding hydrogens is 364 g/mol. The summed E-state index contributed by atoms with van der Waals surface area (Å²) >= 11 is 6.66. The van der Waals surface area contributed by atoms with Crippen molar-refractivity contribution in [3.05, 3.63) is 62.8 Å². The molecule has 2 bridgehead atoms. The molecule has 0 fully saturated rings. The van der Waals surface area contributed by atoms with Gasteiger partial charge in [-0.1, -0.05) is 23.7 Å². The Balaban J connectivity index is 1.68. The van der Waals surface area contributed by atoms with Crippen molar-refractivity contribution < 1.29 is 9.47 Å². The number of aromatic amines is 1. The number of fused-ring (bicyclic) bond motifs is 7. The SMILES string of the molecule is O=c1c2c([nH]c3ccccc13)O[C@H]1C[C@@H]2c2c(Cl)ccc3c2N1CCCO3. The van der Waals surface area contributed by atoms with Gasteiger partial charge in [0.1, 0.15) is 5.75 Å². The number of hydrogen-bond acceptors (Lipinski definition) is 4. The number of hydrogen-bond donors (Lipinski definition) is 1. The summed E-state index contributed by atoms with van der Waals surface area (Å²) in [6, 6.07) is 11.4. The van der Waals surface area contributed by atoms with Crippen molar-refractivity contribution in [3.63, 3.8) is 0 Å². The van der Waals surface area contributed by atoms with E-state index in [1.165, 1.54) is 0 Å². The van der Waals surface area contributed by atoms with Crippen molar-refractivity contribution >= 4 is 28.2 Å². The van der Waals surface area contributed by atoms with Crippen LogP contribution in [-0.4, -0.2) is 24.4 Å². The minimum Gasteiger partial charge on any atom is -0.491 e. The molecule has 0 unspecified atom stereocenters. The number of nitrogens with one attached hydrogen (secondary N) is 1. The number of para-hydroxylation sites is 1. The largest absolute Gasteiger partial charge is 0.491 e. The van der Waals surface area contributed by atoms with Gasteiger partial charge in [0, 0.05) is 34.9 Å². The molecule has 0 spiro atoms. The highest BCUT2D eigenvalue weighted by molar-refractivity contribution is 6.32. The molecular formula is C21H17ClN2O3. The van der Waals surface area contributed by atoms with Crippen molar-refractivity contribution in [1.29, 1.82) is 0 Å². The predicted molar refractivity (Wildman–Crippen MR) is 104 cm³/mol. The summed E-state index contributed by atoms with van der Waals surface area (Å²) in [6.45, 7) is 1.50. The predicted octanol–water partition coefficient (Wildman–Crippen LogP) is 4.02. The first kappa shape index (κ1) is 15.4. The van der Waals surface area contributed by atoms with Crippen LogP contribution in [0.15, 0.2) is 41.2 Å². The van der Waals surface area contributed by atoms with E-state index in [1.807, 2.05) is 36.4 Å². The van der Waals surface area contributed by atoms with Crippen molar-refractivity contribution in [2.24, 2.45) is 0 Å². The summed E-state index contributed by atoms with van der Waals surface area (Å²) in [7, 11) is 0. The molecule has 2 aromatic carbocycles. The maximum atomic E-state index is 13.3. The van der Waals surface area contributed by atoms with Crippen molar-refractivity contribution in [2.45, 2.75) is 25.0 Å². The number of halogens is 1. The summed E-state index contributed by atoms with van der Waals surface area (Å²) in [6.07, 6.45) is 1.49. The number of rotatable bonds is 0. The third-order valence-electron chi connectivity index (χ3n) is 5.86. The zero-order valence-electron chi connectivity index (χ0n) is 14.5. The fourth-order valence-electron chi connectivity index (χ4n) is 4.72. The lowest BCUT2D eigenvalue weighted by Gasteiger charge is -2.45. The third kappa shape index (κ3) is 2.03. The van der Waals surface area contributed by atoms with E-state index in [0.29, 0.717) is 34.9 Å². The van der Waals surface area contributed by atoms with Gasteiger partial charge in [0.2, 0.25) is 5.88 Å². The van der Waals surface area contributed by atoms with Crippen LogP contribution in [0.1, 0.15) is 29.9 Å². The van der Waals surface area contributed by atoms with Gasteiger partial charge in [0.15, 0.2) is 11.7 Å². The molecule has 0 amide bonds. The van der Waals surface area contributed by atoms with E-state index in [4.69, 9.17) is 21.1 Å². The maximum Gasteiger partial charge on any atom is 0.201 e. The minimum absolute atomic E-state index is 0.0134. The van der Waals surface area contributed by atoms with Gasteiger partial charge in [-0.05, 0) is 30.7 Å². The van der Waals surface area contributed by atoms with E-state index in [9.17, 15) is 4.79 Å². The van der Waals surface area contributed by atoms with E-state index in [-0.39, 0.29) is 17.6 Å². The normalized spacial score (nSPS) is 22.3. The van der Waals surface area contributed by atoms with Crippen LogP contribution in [0, 0.1) is 0 Å². The molecule has 0 aliphatic carbocycles. The van der Waals surface area contributed by atoms with E-state index in [1.54, 1.807) is 0 Å². The number of anilines is 1. The molecule has 2 atom stereocenters. The van der Waals surface area contributed by atoms with Gasteiger partial charge in [-0.2, -0.15) is 0 Å². The average Bonchev–Trinajstić information content (AvgIpc) is 2.90. The van der Waals surface area contributed by atoms with Gasteiger partial charge < -0.3 is 19.4 Å². The molecule has 0 saturated carbocycles. The average molecular weight is 381 g/mol. The Kier molecular flexibility index (Phi) is 3.09. The lowest BCUT2D eigenvalue weighted by atomic mass is 9.81. The summed E-state index contributed by atoms with van der Waals surface area (Å²) < 4.78 is 12.3. The van der Waals surface area contributed by atoms with E-state index < -0.39 is 0 Å². The van der Waals surface area contributed by atoms with Crippen LogP contribution >= 0.6 is 11.6 Å². The Morgan fingerprint density at radius 1 is 1.15 bits per heavy atom. The molecule has 1 aromatic heterocycles. The molecule has 1 N–H and O–H groups in total. The van der Waals surface area contributed by atoms with Crippen LogP contribution in [0.4, 0.5) is 5.69 Å². The molecule has 3 aliphatic heterocycles. The molecule has 6 heteroatoms. The van der Waals surface area contributed by atoms with Crippen LogP contribution in [0.3, 0.4) is 0 Å². The summed E-state index contributed by atoms with van der Waals surface area (Å²) in [5, 5.41) is 1.35. The zero-order chi connectivity index (χ0) is 18.1. The molecule has 3 aromatic rings. The number of ether oxygens (including phenoxy) is 2. The summed E-state index contributed by atoms with van der Waals surface area (Å²) in [5.41, 5.74) is 3.45. The Morgan fingerprint density at radius 3 is 2.96 bits per heavy atom. The number of nitrogens with zero attached hydrogens (tertiary/aromatic N) is 1. The smallest absolute Gasteiger partial charge is 0.201 e. The molecule has 0 saturated heterocycles. The molecule has 27 heavy (non-hydrogen) atoms. The van der Waals surface area contributed by atoms with Crippen LogP contribution in [0.5, 0.6) is 11.6 Å². The molecule has 5 nitrogen and oxygen atoms in total. The molecule has 4 heterocycles. The van der Waals surface area contributed by atoms with Crippen molar-refractivity contribution in [1.82, 2.24) is 4.98 Å². The quantitative estimate of drug-likeness (QED) is 0.640. The Bertz CT molecular complexity index is 1160. The van der Waals surface area contributed by atoms with Gasteiger partial charge in [0.05, 0.1) is 23.4 Å². The number of pyridine rings is 1. The maximum absolute atomic E-state index is 13.3. The first-order chi connectivity index (χ1) is 13.2. The van der Waals surface area contributed by atoms with Crippen molar-refractivity contribution in [3.8, 4) is 11.6 Å². The first-order valence-electron chi connectivity index (χ1n) is 9.26. The van der Waals surface area contributed by atoms with Crippen LogP contribution in [-0.2, 0) is 0 Å². The standard InChI is InChI=1S/C21H17ClN2O3/c22-13-6-7-15-19-17(13)12-10-16(24(19)8-3-9-26-15)27-21-18(12)20(25)11-4-1-2-5-14(11)23-21/h1-2,4-7,12,16H,3,8-10H2,(H,23,25)/t12-,16+/m1/s1. The van der Waals surface area contributed by atoms with Gasteiger partial charge in [0.25, 0.3) is 0 Å². The highest BCUT2D eigenvalue weighted by Gasteiger charge is 2.44. The zero-order valence-corrected chi connectivity index (χ0v) is 15.3. The monoisotopic (exact) mass is 380 g/mol. The van der Waals surface area contributed by atoms with Gasteiger partial charge in [-0.3, -0.25) is 4.79 Å². The van der Waals surface area contributed by atoms with Crippen LogP contribution in [0.25, 0.3) is 10.9 Å². The van der Waals surface area contributed by atoms with E-state index in [0.717, 1.165) is 35.5 Å². The summed E-state index contributed by atoms with van der Waals surface area (Å²) in [5.74, 6) is 1.29. The van der Waals surface area contributed by atoms with E-state index >= 15 is 0 Å². The highest BCUT2D eigenvalue weighted by atomic mass is 35.5. The van der Waals surface area contributed by atoms with Gasteiger partial charge >= 0.3 is 0 Å². The number of benzene rings is 2. The fourth-order valence-corrected chi connectivity index (χ4v) is 5.00. The molecule has 136 valence electrons. The minimum atomic E-state index is -0.134. The number of aromatic nitrogens is 1. The number of H-pyrrole nitrogens is 1. The fraction of sp³-hybridized carbons (Fsp3) is 0.286. The Labute approximate surface area is 160 Å². The van der Waals surface area contributed by atoms with Gasteiger partial charge in [-0.25, -0.2) is 0 Å². The molecule has 0 radical (unpaired) electrons. The van der Waals surface area contributed by atoms with Crippen LogP contribution < -0.4 is 19.8 Å². The second-order valence-corrected chi connectivity index (χ2v) is 7.71. The lowest BCUT2D eigenvalue weighted by Crippen LogP contribution is -2.48. The molecule has 6 rings (SSSR count). The van der Waals surface area contributed by atoms with Gasteiger partial charge in [-0.15, -0.1) is 0 Å². The van der Waals surface area contributed by atoms with Crippen LogP contribution in [0.2, 0.25) is 5.02 Å². The highest BCUT2D eigenvalue weighted by Crippen LogP contribution is 2.53. The topological polar surface area (TPSA) is 54.6 Å². The third-order valence-corrected chi connectivity index (χ3v) is 6.19. The Morgan fingerprint density at radius 2 is 2.04 bits per heavy atom. The lowest BCUT2D eigenvalue weighted by molar-refractivity contribution is 0.144. The second-order valence-electron chi connectivity index (χ2n) is 7.31. The summed E-state index contributed by atoms with van der Waals surface area (Å²) in [4.78, 5) is 18.9. The molecule has 3 aliphatic rings. The Hall–Kier alpha value is -2.66.